The van der Waals surface area contributed by atoms with E-state index in [2.05, 4.69) is 30.4 Å². The standard InChI is InChI=1S/C9H6BrF3INO3/c1-17-8(16)5-2-4(3-10)6(14)15-7(5)18-9(11,12)13/h2H,3H2,1H3. The van der Waals surface area contributed by atoms with Crippen LogP contribution in [-0.4, -0.2) is 24.4 Å². The first-order valence-electron chi connectivity index (χ1n) is 4.38. The van der Waals surface area contributed by atoms with E-state index in [1.807, 2.05) is 0 Å². The number of ether oxygens (including phenoxy) is 2. The molecular formula is C9H6BrF3INO3. The van der Waals surface area contributed by atoms with Crippen molar-refractivity contribution in [2.45, 2.75) is 11.7 Å². The molecule has 4 nitrogen and oxygen atoms in total. The van der Waals surface area contributed by atoms with Crippen LogP contribution in [0, 0.1) is 3.70 Å². The predicted octanol–water partition coefficient (Wildman–Crippen LogP) is 3.27. The normalized spacial score (nSPS) is 11.2. The minimum atomic E-state index is -4.92. The van der Waals surface area contributed by atoms with Gasteiger partial charge in [0.05, 0.1) is 7.11 Å². The fourth-order valence-electron chi connectivity index (χ4n) is 1.05. The molecule has 0 amide bonds. The number of hydrogen-bond donors (Lipinski definition) is 0. The number of alkyl halides is 4. The number of esters is 1. The molecule has 0 aliphatic carbocycles. The van der Waals surface area contributed by atoms with Gasteiger partial charge < -0.3 is 9.47 Å². The zero-order valence-corrected chi connectivity index (χ0v) is 12.6. The topological polar surface area (TPSA) is 48.4 Å². The number of carbonyl (C=O) groups is 1. The quantitative estimate of drug-likeness (QED) is 0.314. The first-order chi connectivity index (χ1) is 8.28. The molecule has 100 valence electrons. The zero-order chi connectivity index (χ0) is 13.9. The van der Waals surface area contributed by atoms with Gasteiger partial charge >= 0.3 is 12.3 Å². The van der Waals surface area contributed by atoms with E-state index >= 15 is 0 Å². The van der Waals surface area contributed by atoms with E-state index in [9.17, 15) is 18.0 Å². The van der Waals surface area contributed by atoms with E-state index in [0.717, 1.165) is 7.11 Å². The van der Waals surface area contributed by atoms with Gasteiger partial charge in [-0.1, -0.05) is 15.9 Å². The summed E-state index contributed by atoms with van der Waals surface area (Å²) < 4.78 is 44.9. The van der Waals surface area contributed by atoms with Crippen LogP contribution in [-0.2, 0) is 10.1 Å². The van der Waals surface area contributed by atoms with Crippen molar-refractivity contribution in [3.8, 4) is 5.88 Å². The van der Waals surface area contributed by atoms with Crippen molar-refractivity contribution in [3.05, 3.63) is 20.9 Å². The highest BCUT2D eigenvalue weighted by atomic mass is 127. The molecule has 0 spiro atoms. The van der Waals surface area contributed by atoms with Crippen LogP contribution in [0.2, 0.25) is 0 Å². The van der Waals surface area contributed by atoms with Gasteiger partial charge in [0.1, 0.15) is 9.26 Å². The Labute approximate surface area is 122 Å². The third-order valence-corrected chi connectivity index (χ3v) is 3.31. The van der Waals surface area contributed by atoms with Crippen molar-refractivity contribution in [3.63, 3.8) is 0 Å². The van der Waals surface area contributed by atoms with Crippen molar-refractivity contribution in [1.29, 1.82) is 0 Å². The molecular weight excluding hydrogens is 434 g/mol. The number of hydrogen-bond acceptors (Lipinski definition) is 4. The third kappa shape index (κ3) is 3.97. The summed E-state index contributed by atoms with van der Waals surface area (Å²) in [5.74, 6) is -1.76. The number of carbonyl (C=O) groups excluding carboxylic acids is 1. The van der Waals surface area contributed by atoms with Gasteiger partial charge in [0.15, 0.2) is 0 Å². The van der Waals surface area contributed by atoms with Gasteiger partial charge in [0.2, 0.25) is 5.88 Å². The molecule has 0 bridgehead atoms. The Balaban J connectivity index is 3.30. The Morgan fingerprint density at radius 2 is 2.17 bits per heavy atom. The van der Waals surface area contributed by atoms with Gasteiger partial charge in [0, 0.05) is 5.33 Å². The van der Waals surface area contributed by atoms with Gasteiger partial charge in [-0.2, -0.15) is 0 Å². The lowest BCUT2D eigenvalue weighted by atomic mass is 10.2. The van der Waals surface area contributed by atoms with Crippen LogP contribution in [0.1, 0.15) is 15.9 Å². The summed E-state index contributed by atoms with van der Waals surface area (Å²) in [6.07, 6.45) is -4.92. The van der Waals surface area contributed by atoms with E-state index in [4.69, 9.17) is 0 Å². The third-order valence-electron chi connectivity index (χ3n) is 1.78. The van der Waals surface area contributed by atoms with Crippen LogP contribution >= 0.6 is 38.5 Å². The highest BCUT2D eigenvalue weighted by molar-refractivity contribution is 14.1. The van der Waals surface area contributed by atoms with Gasteiger partial charge in [-0.15, -0.1) is 13.2 Å². The second-order valence-electron chi connectivity index (χ2n) is 2.96. The van der Waals surface area contributed by atoms with E-state index in [-0.39, 0.29) is 5.56 Å². The van der Waals surface area contributed by atoms with Crippen LogP contribution in [0.5, 0.6) is 5.88 Å². The SMILES string of the molecule is COC(=O)c1cc(CBr)c(I)nc1OC(F)(F)F. The van der Waals surface area contributed by atoms with Gasteiger partial charge in [0.25, 0.3) is 0 Å². The average molecular weight is 440 g/mol. The fourth-order valence-corrected chi connectivity index (χ4v) is 2.57. The molecule has 1 rings (SSSR count). The molecule has 0 N–H and O–H groups in total. The van der Waals surface area contributed by atoms with Gasteiger partial charge in [-0.3, -0.25) is 0 Å². The highest BCUT2D eigenvalue weighted by Gasteiger charge is 2.34. The summed E-state index contributed by atoms with van der Waals surface area (Å²) in [5, 5.41) is 0.342. The van der Waals surface area contributed by atoms with Crippen LogP contribution in [0.4, 0.5) is 13.2 Å². The Hall–Kier alpha value is -0.580. The molecule has 0 unspecified atom stereocenters. The number of halogens is 5. The lowest BCUT2D eigenvalue weighted by Gasteiger charge is -2.12. The van der Waals surface area contributed by atoms with E-state index in [1.165, 1.54) is 6.07 Å². The smallest absolute Gasteiger partial charge is 0.465 e. The number of rotatable bonds is 3. The Morgan fingerprint density at radius 3 is 2.61 bits per heavy atom. The molecule has 18 heavy (non-hydrogen) atoms. The molecule has 1 aromatic heterocycles. The maximum atomic E-state index is 12.2. The average Bonchev–Trinajstić information content (AvgIpc) is 2.26. The Bertz CT molecular complexity index is 467. The molecule has 0 aromatic carbocycles. The maximum absolute atomic E-state index is 12.2. The minimum absolute atomic E-state index is 0.302. The lowest BCUT2D eigenvalue weighted by Crippen LogP contribution is -2.21. The Kier molecular flexibility index (Phi) is 5.20. The first kappa shape index (κ1) is 15.5. The van der Waals surface area contributed by atoms with Crippen molar-refractivity contribution >= 4 is 44.5 Å². The van der Waals surface area contributed by atoms with Crippen LogP contribution in [0.25, 0.3) is 0 Å². The van der Waals surface area contributed by atoms with E-state index in [0.29, 0.717) is 14.6 Å². The van der Waals surface area contributed by atoms with Crippen LogP contribution in [0.3, 0.4) is 0 Å². The molecule has 0 saturated heterocycles. The second kappa shape index (κ2) is 6.04. The van der Waals surface area contributed by atoms with Crippen molar-refractivity contribution in [1.82, 2.24) is 4.98 Å². The van der Waals surface area contributed by atoms with Crippen molar-refractivity contribution in [2.75, 3.05) is 7.11 Å². The van der Waals surface area contributed by atoms with Crippen LogP contribution in [0.15, 0.2) is 6.07 Å². The maximum Gasteiger partial charge on any atom is 0.574 e. The summed E-state index contributed by atoms with van der Waals surface area (Å²) in [4.78, 5) is 15.0. The highest BCUT2D eigenvalue weighted by Crippen LogP contribution is 2.28. The largest absolute Gasteiger partial charge is 0.574 e. The molecule has 0 radical (unpaired) electrons. The van der Waals surface area contributed by atoms with E-state index < -0.39 is 18.2 Å². The van der Waals surface area contributed by atoms with Gasteiger partial charge in [-0.05, 0) is 34.2 Å². The summed E-state index contributed by atoms with van der Waals surface area (Å²) in [7, 11) is 1.06. The zero-order valence-electron chi connectivity index (χ0n) is 8.85. The summed E-state index contributed by atoms with van der Waals surface area (Å²) in [6.45, 7) is 0. The molecule has 0 saturated carbocycles. The number of pyridine rings is 1. The summed E-state index contributed by atoms with van der Waals surface area (Å²) >= 11 is 4.89. The summed E-state index contributed by atoms with van der Waals surface area (Å²) in [5.41, 5.74) is 0.190. The number of methoxy groups -OCH3 is 1. The molecule has 1 heterocycles. The predicted molar refractivity (Wildman–Crippen MR) is 67.6 cm³/mol. The fraction of sp³-hybridized carbons (Fsp3) is 0.333. The first-order valence-corrected chi connectivity index (χ1v) is 6.58. The number of aromatic nitrogens is 1. The monoisotopic (exact) mass is 439 g/mol. The molecule has 0 aliphatic rings. The van der Waals surface area contributed by atoms with Gasteiger partial charge in [-0.25, -0.2) is 9.78 Å². The molecule has 0 aliphatic heterocycles. The summed E-state index contributed by atoms with van der Waals surface area (Å²) in [6, 6.07) is 1.25. The number of nitrogens with zero attached hydrogens (tertiary/aromatic N) is 1. The lowest BCUT2D eigenvalue weighted by molar-refractivity contribution is -0.276. The van der Waals surface area contributed by atoms with E-state index in [1.54, 1.807) is 22.6 Å². The second-order valence-corrected chi connectivity index (χ2v) is 4.55. The van der Waals surface area contributed by atoms with Crippen molar-refractivity contribution < 1.29 is 27.4 Å². The Morgan fingerprint density at radius 1 is 1.56 bits per heavy atom. The molecule has 0 fully saturated rings. The minimum Gasteiger partial charge on any atom is -0.465 e. The van der Waals surface area contributed by atoms with Crippen molar-refractivity contribution in [2.24, 2.45) is 0 Å². The molecule has 1 aromatic rings. The van der Waals surface area contributed by atoms with Crippen LogP contribution < -0.4 is 4.74 Å². The molecule has 0 atom stereocenters. The molecule has 9 heteroatoms.